The van der Waals surface area contributed by atoms with Crippen molar-refractivity contribution in [1.82, 2.24) is 0 Å². The number of benzene rings is 7. The maximum absolute atomic E-state index is 7.00. The molecule has 0 amide bonds. The summed E-state index contributed by atoms with van der Waals surface area (Å²) in [6.07, 6.45) is 0. The van der Waals surface area contributed by atoms with Gasteiger partial charge in [0, 0.05) is 27.5 Å². The van der Waals surface area contributed by atoms with E-state index in [1.54, 1.807) is 0 Å². The third kappa shape index (κ3) is 4.63. The number of rotatable bonds is 5. The fourth-order valence-electron chi connectivity index (χ4n) is 7.19. The van der Waals surface area contributed by atoms with E-state index in [9.17, 15) is 0 Å². The molecule has 1 nitrogen and oxygen atoms in total. The Bertz CT molecular complexity index is 2140. The highest BCUT2D eigenvalue weighted by Crippen LogP contribution is 2.56. The van der Waals surface area contributed by atoms with Crippen LogP contribution in [0.15, 0.2) is 158 Å². The van der Waals surface area contributed by atoms with Crippen LogP contribution in [0.25, 0.3) is 44.2 Å². The minimum atomic E-state index is -0.226. The van der Waals surface area contributed by atoms with Gasteiger partial charge in [-0.05, 0) is 110 Å². The van der Waals surface area contributed by atoms with Gasteiger partial charge in [0.05, 0.1) is 0 Å². The van der Waals surface area contributed by atoms with Crippen molar-refractivity contribution in [2.24, 2.45) is 0 Å². The molecule has 0 spiro atoms. The van der Waals surface area contributed by atoms with E-state index in [2.05, 4.69) is 176 Å². The van der Waals surface area contributed by atoms with E-state index in [1.165, 1.54) is 49.7 Å². The Morgan fingerprint density at radius 3 is 1.67 bits per heavy atom. The zero-order valence-corrected chi connectivity index (χ0v) is 26.1. The second kappa shape index (κ2) is 10.8. The van der Waals surface area contributed by atoms with Gasteiger partial charge in [0.25, 0.3) is 0 Å². The van der Waals surface area contributed by atoms with E-state index >= 15 is 0 Å². The second-order valence-electron chi connectivity index (χ2n) is 12.4. The zero-order chi connectivity index (χ0) is 30.5. The smallest absolute Gasteiger partial charge is 0.0482 e. The van der Waals surface area contributed by atoms with Crippen molar-refractivity contribution >= 4 is 39.4 Å². The summed E-state index contributed by atoms with van der Waals surface area (Å²) < 4.78 is 0. The van der Waals surface area contributed by atoms with Gasteiger partial charge in [-0.3, -0.25) is 0 Å². The molecule has 1 aliphatic rings. The number of halogens is 1. The Kier molecular flexibility index (Phi) is 6.59. The van der Waals surface area contributed by atoms with Gasteiger partial charge < -0.3 is 4.90 Å². The fraction of sp³-hybridized carbons (Fsp3) is 0.0698. The highest BCUT2D eigenvalue weighted by molar-refractivity contribution is 6.31. The average molecular weight is 598 g/mol. The minimum absolute atomic E-state index is 0.226. The monoisotopic (exact) mass is 597 g/mol. The first-order chi connectivity index (χ1) is 22.0. The first-order valence-electron chi connectivity index (χ1n) is 15.5. The van der Waals surface area contributed by atoms with Gasteiger partial charge in [0.1, 0.15) is 0 Å². The summed E-state index contributed by atoms with van der Waals surface area (Å²) >= 11 is 7.00. The molecule has 1 aliphatic carbocycles. The van der Waals surface area contributed by atoms with E-state index in [-0.39, 0.29) is 5.41 Å². The molecule has 0 heterocycles. The van der Waals surface area contributed by atoms with Crippen molar-refractivity contribution < 1.29 is 0 Å². The summed E-state index contributed by atoms with van der Waals surface area (Å²) in [5.41, 5.74) is 13.1. The largest absolute Gasteiger partial charge is 0.310 e. The first kappa shape index (κ1) is 27.4. The molecule has 8 rings (SSSR count). The van der Waals surface area contributed by atoms with Crippen molar-refractivity contribution in [1.29, 1.82) is 0 Å². The van der Waals surface area contributed by atoms with Crippen LogP contribution in [-0.4, -0.2) is 0 Å². The molecule has 0 radical (unpaired) electrons. The molecule has 7 aromatic carbocycles. The molecule has 216 valence electrons. The molecule has 0 unspecified atom stereocenters. The lowest BCUT2D eigenvalue weighted by Gasteiger charge is -2.28. The van der Waals surface area contributed by atoms with Gasteiger partial charge in [-0.1, -0.05) is 129 Å². The van der Waals surface area contributed by atoms with Crippen LogP contribution >= 0.6 is 11.6 Å². The van der Waals surface area contributed by atoms with Crippen molar-refractivity contribution in [3.63, 3.8) is 0 Å². The predicted octanol–water partition coefficient (Wildman–Crippen LogP) is 12.6. The van der Waals surface area contributed by atoms with Crippen molar-refractivity contribution in [3.8, 4) is 33.4 Å². The Hall–Kier alpha value is -5.11. The molecule has 0 N–H and O–H groups in total. The molecule has 0 atom stereocenters. The molecular weight excluding hydrogens is 566 g/mol. The maximum Gasteiger partial charge on any atom is 0.0482 e. The molecule has 2 heteroatoms. The second-order valence-corrected chi connectivity index (χ2v) is 12.8. The summed E-state index contributed by atoms with van der Waals surface area (Å²) in [7, 11) is 0. The molecule has 0 saturated carbocycles. The molecule has 0 fully saturated rings. The SMILES string of the molecule is CC1(C)c2cc3ccccc3cc2-c2c(-c3ccccc3)ccc(-c3cc(Cl)cc(N(c4ccccc4)c4ccccc4)c3)c21. The summed E-state index contributed by atoms with van der Waals surface area (Å²) in [4.78, 5) is 2.28. The first-order valence-corrected chi connectivity index (χ1v) is 15.8. The zero-order valence-electron chi connectivity index (χ0n) is 25.3. The molecule has 45 heavy (non-hydrogen) atoms. The van der Waals surface area contributed by atoms with Gasteiger partial charge in [0.2, 0.25) is 0 Å². The Morgan fingerprint density at radius 1 is 0.467 bits per heavy atom. The number of hydrogen-bond donors (Lipinski definition) is 0. The van der Waals surface area contributed by atoms with Crippen LogP contribution in [0.4, 0.5) is 17.1 Å². The van der Waals surface area contributed by atoms with E-state index in [0.29, 0.717) is 5.02 Å². The number of hydrogen-bond acceptors (Lipinski definition) is 1. The third-order valence-corrected chi connectivity index (χ3v) is 9.44. The number of nitrogens with zero attached hydrogens (tertiary/aromatic N) is 1. The lowest BCUT2D eigenvalue weighted by molar-refractivity contribution is 0.663. The van der Waals surface area contributed by atoms with Crippen molar-refractivity contribution in [2.45, 2.75) is 19.3 Å². The van der Waals surface area contributed by atoms with Crippen molar-refractivity contribution in [3.05, 3.63) is 174 Å². The lowest BCUT2D eigenvalue weighted by atomic mass is 9.77. The summed E-state index contributed by atoms with van der Waals surface area (Å²) in [5.74, 6) is 0. The summed E-state index contributed by atoms with van der Waals surface area (Å²) in [5, 5.41) is 3.24. The molecule has 0 aromatic heterocycles. The van der Waals surface area contributed by atoms with Gasteiger partial charge in [-0.25, -0.2) is 0 Å². The van der Waals surface area contributed by atoms with E-state index < -0.39 is 0 Å². The van der Waals surface area contributed by atoms with Gasteiger partial charge in [0.15, 0.2) is 0 Å². The van der Waals surface area contributed by atoms with Crippen LogP contribution in [0, 0.1) is 0 Å². The van der Waals surface area contributed by atoms with Gasteiger partial charge in [-0.2, -0.15) is 0 Å². The number of fused-ring (bicyclic) bond motifs is 4. The van der Waals surface area contributed by atoms with Crippen LogP contribution in [-0.2, 0) is 5.41 Å². The molecule has 7 aromatic rings. The molecule has 0 saturated heterocycles. The normalized spacial score (nSPS) is 13.0. The van der Waals surface area contributed by atoms with Crippen LogP contribution in [0.1, 0.15) is 25.0 Å². The van der Waals surface area contributed by atoms with Crippen LogP contribution in [0.2, 0.25) is 5.02 Å². The fourth-order valence-corrected chi connectivity index (χ4v) is 7.42. The Morgan fingerprint density at radius 2 is 1.02 bits per heavy atom. The highest BCUT2D eigenvalue weighted by atomic mass is 35.5. The Balaban J connectivity index is 1.39. The van der Waals surface area contributed by atoms with Crippen molar-refractivity contribution in [2.75, 3.05) is 4.90 Å². The third-order valence-electron chi connectivity index (χ3n) is 9.22. The van der Waals surface area contributed by atoms with Crippen LogP contribution in [0.3, 0.4) is 0 Å². The van der Waals surface area contributed by atoms with Crippen LogP contribution in [0.5, 0.6) is 0 Å². The molecular formula is C43H32ClN. The van der Waals surface area contributed by atoms with E-state index in [4.69, 9.17) is 11.6 Å². The van der Waals surface area contributed by atoms with Gasteiger partial charge >= 0.3 is 0 Å². The number of anilines is 3. The summed E-state index contributed by atoms with van der Waals surface area (Å²) in [6.45, 7) is 4.74. The van der Waals surface area contributed by atoms with Crippen LogP contribution < -0.4 is 4.90 Å². The maximum atomic E-state index is 7.00. The van der Waals surface area contributed by atoms with E-state index in [0.717, 1.165) is 22.6 Å². The minimum Gasteiger partial charge on any atom is -0.310 e. The highest BCUT2D eigenvalue weighted by Gasteiger charge is 2.39. The standard InChI is InChI=1S/C43H32ClN/c1-43(2)40-27-31-17-13-12-16-30(31)26-39(40)41-37(29-14-6-3-7-15-29)22-23-38(42(41)43)32-24-33(44)28-36(25-32)45(34-18-8-4-9-19-34)35-20-10-5-11-21-35/h3-28H,1-2H3. The lowest BCUT2D eigenvalue weighted by Crippen LogP contribution is -2.16. The summed E-state index contributed by atoms with van der Waals surface area (Å²) in [6, 6.07) is 56.3. The average Bonchev–Trinajstić information content (AvgIpc) is 3.30. The topological polar surface area (TPSA) is 3.24 Å². The number of para-hydroxylation sites is 2. The quantitative estimate of drug-likeness (QED) is 0.191. The molecule has 0 aliphatic heterocycles. The molecule has 0 bridgehead atoms. The Labute approximate surface area is 270 Å². The van der Waals surface area contributed by atoms with E-state index in [1.807, 2.05) is 0 Å². The van der Waals surface area contributed by atoms with Gasteiger partial charge in [-0.15, -0.1) is 0 Å². The predicted molar refractivity (Wildman–Crippen MR) is 192 cm³/mol.